The maximum absolute atomic E-state index is 12.4. The first kappa shape index (κ1) is 12.7. The van der Waals surface area contributed by atoms with Crippen molar-refractivity contribution in [2.24, 2.45) is 13.0 Å². The molecular formula is C16H17N3O. The molecule has 0 unspecified atom stereocenters. The Labute approximate surface area is 117 Å². The Morgan fingerprint density at radius 2 is 1.95 bits per heavy atom. The standard InChI is InChI=1S/C16H17N3O/c1-11(2)16(20)13-10-19(15-8-9-17-18(15)3)14-7-5-4-6-12(13)14/h4-11H,1-3H3. The Morgan fingerprint density at radius 1 is 1.20 bits per heavy atom. The van der Waals surface area contributed by atoms with Gasteiger partial charge in [0.25, 0.3) is 0 Å². The Balaban J connectivity index is 2.30. The summed E-state index contributed by atoms with van der Waals surface area (Å²) in [6, 6.07) is 9.92. The van der Waals surface area contributed by atoms with Crippen LogP contribution in [-0.4, -0.2) is 20.1 Å². The summed E-state index contributed by atoms with van der Waals surface area (Å²) in [5.74, 6) is 1.10. The van der Waals surface area contributed by atoms with E-state index in [9.17, 15) is 4.79 Å². The summed E-state index contributed by atoms with van der Waals surface area (Å²) in [7, 11) is 1.90. The molecule has 0 aliphatic heterocycles. The third-order valence-electron chi connectivity index (χ3n) is 3.54. The van der Waals surface area contributed by atoms with E-state index in [2.05, 4.69) is 5.10 Å². The third kappa shape index (κ3) is 1.84. The number of hydrogen-bond acceptors (Lipinski definition) is 2. The number of aryl methyl sites for hydroxylation is 1. The van der Waals surface area contributed by atoms with Crippen molar-refractivity contribution in [3.63, 3.8) is 0 Å². The lowest BCUT2D eigenvalue weighted by Gasteiger charge is -2.04. The van der Waals surface area contributed by atoms with E-state index in [1.165, 1.54) is 0 Å². The Bertz CT molecular complexity index is 780. The van der Waals surface area contributed by atoms with E-state index in [-0.39, 0.29) is 11.7 Å². The topological polar surface area (TPSA) is 39.8 Å². The van der Waals surface area contributed by atoms with Crippen LogP contribution in [0.15, 0.2) is 42.7 Å². The highest BCUT2D eigenvalue weighted by molar-refractivity contribution is 6.09. The van der Waals surface area contributed by atoms with E-state index in [4.69, 9.17) is 0 Å². The van der Waals surface area contributed by atoms with Crippen molar-refractivity contribution in [2.45, 2.75) is 13.8 Å². The number of carbonyl (C=O) groups is 1. The molecule has 0 radical (unpaired) electrons. The van der Waals surface area contributed by atoms with Crippen LogP contribution in [-0.2, 0) is 7.05 Å². The van der Waals surface area contributed by atoms with Crippen molar-refractivity contribution in [3.05, 3.63) is 48.3 Å². The number of fused-ring (bicyclic) bond motifs is 1. The van der Waals surface area contributed by atoms with Crippen molar-refractivity contribution in [2.75, 3.05) is 0 Å². The molecule has 20 heavy (non-hydrogen) atoms. The normalized spacial score (nSPS) is 11.4. The van der Waals surface area contributed by atoms with E-state index in [0.29, 0.717) is 0 Å². The average Bonchev–Trinajstić information content (AvgIpc) is 3.01. The third-order valence-corrected chi connectivity index (χ3v) is 3.54. The second kappa shape index (κ2) is 4.63. The first-order valence-corrected chi connectivity index (χ1v) is 6.72. The van der Waals surface area contributed by atoms with Gasteiger partial charge in [-0.25, -0.2) is 0 Å². The molecule has 0 atom stereocenters. The fourth-order valence-electron chi connectivity index (χ4n) is 2.48. The molecular weight excluding hydrogens is 250 g/mol. The first-order chi connectivity index (χ1) is 9.59. The second-order valence-electron chi connectivity index (χ2n) is 5.26. The van der Waals surface area contributed by atoms with Crippen LogP contribution in [0.4, 0.5) is 0 Å². The number of ketones is 1. The largest absolute Gasteiger partial charge is 0.301 e. The minimum Gasteiger partial charge on any atom is -0.301 e. The van der Waals surface area contributed by atoms with Crippen LogP contribution in [0.3, 0.4) is 0 Å². The number of carbonyl (C=O) groups excluding carboxylic acids is 1. The Hall–Kier alpha value is -2.36. The van der Waals surface area contributed by atoms with Gasteiger partial charge in [0, 0.05) is 36.2 Å². The molecule has 3 rings (SSSR count). The van der Waals surface area contributed by atoms with Crippen molar-refractivity contribution < 1.29 is 4.79 Å². The zero-order chi connectivity index (χ0) is 14.3. The van der Waals surface area contributed by atoms with Crippen LogP contribution >= 0.6 is 0 Å². The highest BCUT2D eigenvalue weighted by atomic mass is 16.1. The van der Waals surface area contributed by atoms with Crippen LogP contribution < -0.4 is 0 Å². The molecule has 0 aliphatic carbocycles. The van der Waals surface area contributed by atoms with Gasteiger partial charge in [-0.05, 0) is 6.07 Å². The number of Topliss-reactive ketones (excluding diaryl/α,β-unsaturated/α-hetero) is 1. The van der Waals surface area contributed by atoms with Gasteiger partial charge in [-0.1, -0.05) is 32.0 Å². The van der Waals surface area contributed by atoms with E-state index >= 15 is 0 Å². The number of aromatic nitrogens is 3. The molecule has 0 spiro atoms. The van der Waals surface area contributed by atoms with Crippen LogP contribution in [0.1, 0.15) is 24.2 Å². The zero-order valence-electron chi connectivity index (χ0n) is 11.9. The van der Waals surface area contributed by atoms with Gasteiger partial charge in [0.2, 0.25) is 0 Å². The van der Waals surface area contributed by atoms with Crippen LogP contribution in [0.2, 0.25) is 0 Å². The fourth-order valence-corrected chi connectivity index (χ4v) is 2.48. The molecule has 3 aromatic rings. The predicted octanol–water partition coefficient (Wildman–Crippen LogP) is 3.20. The summed E-state index contributed by atoms with van der Waals surface area (Å²) in [5, 5.41) is 5.19. The van der Waals surface area contributed by atoms with Gasteiger partial charge in [-0.3, -0.25) is 9.48 Å². The lowest BCUT2D eigenvalue weighted by atomic mass is 10.0. The van der Waals surface area contributed by atoms with E-state index in [0.717, 1.165) is 22.3 Å². The molecule has 0 aliphatic rings. The molecule has 4 nitrogen and oxygen atoms in total. The average molecular weight is 267 g/mol. The minimum atomic E-state index is -0.0132. The van der Waals surface area contributed by atoms with E-state index in [1.54, 1.807) is 10.9 Å². The quantitative estimate of drug-likeness (QED) is 0.684. The van der Waals surface area contributed by atoms with Gasteiger partial charge in [-0.15, -0.1) is 0 Å². The first-order valence-electron chi connectivity index (χ1n) is 6.72. The molecule has 0 N–H and O–H groups in total. The van der Waals surface area contributed by atoms with Gasteiger partial charge in [0.1, 0.15) is 5.82 Å². The summed E-state index contributed by atoms with van der Waals surface area (Å²) >= 11 is 0. The molecule has 2 heterocycles. The number of para-hydroxylation sites is 1. The van der Waals surface area contributed by atoms with Crippen LogP contribution in [0, 0.1) is 5.92 Å². The maximum atomic E-state index is 12.4. The molecule has 102 valence electrons. The lowest BCUT2D eigenvalue weighted by Crippen LogP contribution is -2.07. The van der Waals surface area contributed by atoms with Gasteiger partial charge < -0.3 is 4.57 Å². The molecule has 0 fully saturated rings. The van der Waals surface area contributed by atoms with Gasteiger partial charge in [0.15, 0.2) is 5.78 Å². The van der Waals surface area contributed by atoms with Crippen molar-refractivity contribution in [3.8, 4) is 5.82 Å². The number of nitrogens with zero attached hydrogens (tertiary/aromatic N) is 3. The zero-order valence-corrected chi connectivity index (χ0v) is 11.9. The van der Waals surface area contributed by atoms with Crippen molar-refractivity contribution >= 4 is 16.7 Å². The van der Waals surface area contributed by atoms with Gasteiger partial charge in [0.05, 0.1) is 11.7 Å². The fraction of sp³-hybridized carbons (Fsp3) is 0.250. The monoisotopic (exact) mass is 267 g/mol. The van der Waals surface area contributed by atoms with Gasteiger partial charge in [-0.2, -0.15) is 5.10 Å². The second-order valence-corrected chi connectivity index (χ2v) is 5.26. The predicted molar refractivity (Wildman–Crippen MR) is 79.2 cm³/mol. The van der Waals surface area contributed by atoms with E-state index in [1.807, 2.05) is 62.0 Å². The smallest absolute Gasteiger partial charge is 0.167 e. The lowest BCUT2D eigenvalue weighted by molar-refractivity contribution is 0.0941. The SMILES string of the molecule is CC(C)C(=O)c1cn(-c2ccnn2C)c2ccccc12. The summed E-state index contributed by atoms with van der Waals surface area (Å²) in [6.07, 6.45) is 3.68. The highest BCUT2D eigenvalue weighted by Gasteiger charge is 2.18. The van der Waals surface area contributed by atoms with Crippen LogP contribution in [0.5, 0.6) is 0 Å². The van der Waals surface area contributed by atoms with Crippen molar-refractivity contribution in [1.82, 2.24) is 14.3 Å². The Morgan fingerprint density at radius 3 is 2.60 bits per heavy atom. The molecule has 0 saturated carbocycles. The number of benzene rings is 1. The summed E-state index contributed by atoms with van der Waals surface area (Å²) in [4.78, 5) is 12.4. The maximum Gasteiger partial charge on any atom is 0.167 e. The number of rotatable bonds is 3. The van der Waals surface area contributed by atoms with Crippen molar-refractivity contribution in [1.29, 1.82) is 0 Å². The van der Waals surface area contributed by atoms with E-state index < -0.39 is 0 Å². The summed E-state index contributed by atoms with van der Waals surface area (Å²) < 4.78 is 3.83. The molecule has 1 aromatic carbocycles. The van der Waals surface area contributed by atoms with Gasteiger partial charge >= 0.3 is 0 Å². The molecule has 2 aromatic heterocycles. The molecule has 0 bridgehead atoms. The Kier molecular flexibility index (Phi) is 2.93. The minimum absolute atomic E-state index is 0.0132. The summed E-state index contributed by atoms with van der Waals surface area (Å²) in [6.45, 7) is 3.86. The summed E-state index contributed by atoms with van der Waals surface area (Å²) in [5.41, 5.74) is 1.80. The highest BCUT2D eigenvalue weighted by Crippen LogP contribution is 2.26. The molecule has 4 heteroatoms. The van der Waals surface area contributed by atoms with Crippen LogP contribution in [0.25, 0.3) is 16.7 Å². The number of hydrogen-bond donors (Lipinski definition) is 0. The molecule has 0 saturated heterocycles. The molecule has 0 amide bonds.